The molecule has 1 saturated carbocycles. The maximum absolute atomic E-state index is 13.5. The average molecular weight is 261 g/mol. The highest BCUT2D eigenvalue weighted by Crippen LogP contribution is 2.71. The van der Waals surface area contributed by atoms with Crippen molar-refractivity contribution in [2.45, 2.75) is 18.8 Å². The number of benzene rings is 1. The molecule has 0 radical (unpaired) electrons. The van der Waals surface area contributed by atoms with Gasteiger partial charge in [-0.05, 0) is 5.56 Å². The maximum atomic E-state index is 13.5. The van der Waals surface area contributed by atoms with Crippen molar-refractivity contribution in [1.29, 1.82) is 0 Å². The molecule has 0 aliphatic heterocycles. The number of alkyl halides is 3. The van der Waals surface area contributed by atoms with Crippen molar-refractivity contribution in [2.24, 2.45) is 5.41 Å². The van der Waals surface area contributed by atoms with Crippen LogP contribution in [0.5, 0.6) is 0 Å². The van der Waals surface area contributed by atoms with E-state index in [-0.39, 0.29) is 0 Å². The lowest BCUT2D eigenvalue weighted by Crippen LogP contribution is -2.06. The number of hydrogen-bond acceptors (Lipinski definition) is 0. The average Bonchev–Trinajstić information content (AvgIpc) is 2.63. The largest absolute Gasteiger partial charge is 0.262 e. The molecule has 1 aliphatic rings. The molecule has 0 amide bonds. The van der Waals surface area contributed by atoms with Gasteiger partial charge in [0.1, 0.15) is 0 Å². The normalized spacial score (nSPS) is 34.1. The van der Waals surface area contributed by atoms with Gasteiger partial charge < -0.3 is 0 Å². The van der Waals surface area contributed by atoms with Gasteiger partial charge in [-0.1, -0.05) is 53.2 Å². The fourth-order valence-electron chi connectivity index (χ4n) is 1.97. The van der Waals surface area contributed by atoms with E-state index in [1.54, 1.807) is 31.2 Å². The van der Waals surface area contributed by atoms with Gasteiger partial charge in [-0.15, -0.1) is 0 Å². The van der Waals surface area contributed by atoms with Crippen LogP contribution in [-0.2, 0) is 0 Å². The number of hydrogen-bond donors (Lipinski definition) is 0. The Bertz CT molecular complexity index is 336. The third-order valence-corrected chi connectivity index (χ3v) is 4.25. The molecule has 2 rings (SSSR count). The molecule has 1 aromatic rings. The minimum absolute atomic E-state index is 0.340. The van der Waals surface area contributed by atoms with Gasteiger partial charge in [0.2, 0.25) is 0 Å². The minimum Gasteiger partial charge on any atom is -0.205 e. The summed E-state index contributed by atoms with van der Waals surface area (Å²) >= 11 is 3.17. The van der Waals surface area contributed by atoms with Gasteiger partial charge in [-0.2, -0.15) is 0 Å². The van der Waals surface area contributed by atoms with Crippen LogP contribution in [-0.4, -0.2) is 11.3 Å². The van der Waals surface area contributed by atoms with E-state index in [0.29, 0.717) is 5.33 Å². The molecule has 0 saturated heterocycles. The first-order valence-electron chi connectivity index (χ1n) is 4.53. The molecule has 0 N–H and O–H groups in total. The van der Waals surface area contributed by atoms with Crippen molar-refractivity contribution < 1.29 is 8.78 Å². The summed E-state index contributed by atoms with van der Waals surface area (Å²) < 4.78 is 27.0. The molecular weight excluding hydrogens is 250 g/mol. The van der Waals surface area contributed by atoms with E-state index in [1.165, 1.54) is 0 Å². The van der Waals surface area contributed by atoms with Crippen molar-refractivity contribution >= 4 is 15.9 Å². The van der Waals surface area contributed by atoms with Crippen molar-refractivity contribution in [3.8, 4) is 0 Å². The molecule has 0 heterocycles. The minimum atomic E-state index is -2.57. The van der Waals surface area contributed by atoms with Crippen molar-refractivity contribution in [3.05, 3.63) is 35.9 Å². The van der Waals surface area contributed by atoms with Crippen LogP contribution in [0.4, 0.5) is 8.78 Å². The summed E-state index contributed by atoms with van der Waals surface area (Å²) in [6.07, 6.45) is 0. The highest BCUT2D eigenvalue weighted by molar-refractivity contribution is 9.09. The Morgan fingerprint density at radius 1 is 1.29 bits per heavy atom. The van der Waals surface area contributed by atoms with Crippen molar-refractivity contribution in [3.63, 3.8) is 0 Å². The summed E-state index contributed by atoms with van der Waals surface area (Å²) in [5, 5.41) is 0.340. The molecule has 76 valence electrons. The van der Waals surface area contributed by atoms with Crippen LogP contribution >= 0.6 is 15.9 Å². The molecule has 0 unspecified atom stereocenters. The third kappa shape index (κ3) is 1.14. The van der Waals surface area contributed by atoms with Crippen LogP contribution in [0.1, 0.15) is 18.4 Å². The molecule has 1 aliphatic carbocycles. The third-order valence-electron chi connectivity index (χ3n) is 3.09. The van der Waals surface area contributed by atoms with E-state index >= 15 is 0 Å². The van der Waals surface area contributed by atoms with E-state index in [0.717, 1.165) is 5.56 Å². The van der Waals surface area contributed by atoms with E-state index in [1.807, 2.05) is 6.07 Å². The van der Waals surface area contributed by atoms with Crippen LogP contribution in [0.2, 0.25) is 0 Å². The number of rotatable bonds is 2. The summed E-state index contributed by atoms with van der Waals surface area (Å²) in [7, 11) is 0. The molecule has 2 atom stereocenters. The Morgan fingerprint density at radius 2 is 1.86 bits per heavy atom. The van der Waals surface area contributed by atoms with Gasteiger partial charge in [-0.25, -0.2) is 8.78 Å². The maximum Gasteiger partial charge on any atom is 0.262 e. The van der Waals surface area contributed by atoms with E-state index in [9.17, 15) is 8.78 Å². The lowest BCUT2D eigenvalue weighted by molar-refractivity contribution is 0.0743. The fraction of sp³-hybridized carbons (Fsp3) is 0.455. The standard InChI is InChI=1S/C11H11BrF2/c1-10(7-12)9(11(10,13)14)8-5-3-2-4-6-8/h2-6,9H,7H2,1H3/t9-,10+/m0/s1. The van der Waals surface area contributed by atoms with Crippen molar-refractivity contribution in [2.75, 3.05) is 5.33 Å². The SMILES string of the molecule is C[C@@]1(CBr)[C@H](c2ccccc2)C1(F)F. The van der Waals surface area contributed by atoms with E-state index < -0.39 is 17.3 Å². The molecule has 1 fully saturated rings. The van der Waals surface area contributed by atoms with Crippen molar-refractivity contribution in [1.82, 2.24) is 0 Å². The summed E-state index contributed by atoms with van der Waals surface area (Å²) in [5.41, 5.74) is -0.173. The van der Waals surface area contributed by atoms with E-state index in [2.05, 4.69) is 15.9 Å². The van der Waals surface area contributed by atoms with Crippen LogP contribution < -0.4 is 0 Å². The van der Waals surface area contributed by atoms with Gasteiger partial charge in [0.05, 0.1) is 11.3 Å². The summed E-state index contributed by atoms with van der Waals surface area (Å²) in [4.78, 5) is 0. The summed E-state index contributed by atoms with van der Waals surface area (Å²) in [6, 6.07) is 8.99. The Labute approximate surface area is 90.4 Å². The molecule has 1 aromatic carbocycles. The van der Waals surface area contributed by atoms with Crippen LogP contribution in [0.15, 0.2) is 30.3 Å². The van der Waals surface area contributed by atoms with Gasteiger partial charge in [0.15, 0.2) is 0 Å². The van der Waals surface area contributed by atoms with E-state index in [4.69, 9.17) is 0 Å². The molecule has 3 heteroatoms. The second-order valence-electron chi connectivity index (χ2n) is 4.02. The molecule has 0 nitrogen and oxygen atoms in total. The predicted octanol–water partition coefficient (Wildman–Crippen LogP) is 3.82. The van der Waals surface area contributed by atoms with Gasteiger partial charge >= 0.3 is 0 Å². The Balaban J connectivity index is 2.32. The van der Waals surface area contributed by atoms with Crippen LogP contribution in [0.3, 0.4) is 0 Å². The topological polar surface area (TPSA) is 0 Å². The Kier molecular flexibility index (Phi) is 2.18. The zero-order valence-corrected chi connectivity index (χ0v) is 9.39. The predicted molar refractivity (Wildman–Crippen MR) is 56.0 cm³/mol. The second-order valence-corrected chi connectivity index (χ2v) is 4.58. The van der Waals surface area contributed by atoms with Crippen LogP contribution in [0.25, 0.3) is 0 Å². The molecule has 0 spiro atoms. The smallest absolute Gasteiger partial charge is 0.205 e. The first-order chi connectivity index (χ1) is 6.54. The summed E-state index contributed by atoms with van der Waals surface area (Å²) in [6.45, 7) is 1.62. The monoisotopic (exact) mass is 260 g/mol. The fourth-order valence-corrected chi connectivity index (χ4v) is 2.67. The highest BCUT2D eigenvalue weighted by atomic mass is 79.9. The first-order valence-corrected chi connectivity index (χ1v) is 5.65. The zero-order chi connectivity index (χ0) is 10.4. The lowest BCUT2D eigenvalue weighted by Gasteiger charge is -2.03. The van der Waals surface area contributed by atoms with Crippen LogP contribution in [0, 0.1) is 5.41 Å². The lowest BCUT2D eigenvalue weighted by atomic mass is 10.0. The Morgan fingerprint density at radius 3 is 2.29 bits per heavy atom. The molecule has 14 heavy (non-hydrogen) atoms. The first kappa shape index (κ1) is 10.1. The Hall–Kier alpha value is -0.440. The van der Waals surface area contributed by atoms with Gasteiger partial charge in [0, 0.05) is 5.33 Å². The zero-order valence-electron chi connectivity index (χ0n) is 7.81. The highest BCUT2D eigenvalue weighted by Gasteiger charge is 2.77. The van der Waals surface area contributed by atoms with Gasteiger partial charge in [-0.3, -0.25) is 0 Å². The summed E-state index contributed by atoms with van der Waals surface area (Å²) in [5.74, 6) is -3.20. The quantitative estimate of drug-likeness (QED) is 0.710. The molecule has 0 aromatic heterocycles. The number of halogens is 3. The second kappa shape index (κ2) is 3.02. The molecule has 0 bridgehead atoms. The molecular formula is C11H11BrF2. The van der Waals surface area contributed by atoms with Gasteiger partial charge in [0.25, 0.3) is 5.92 Å².